The molecular formula is C22H30N6O. The summed E-state index contributed by atoms with van der Waals surface area (Å²) in [6.07, 6.45) is 6.89. The monoisotopic (exact) mass is 394 g/mol. The van der Waals surface area contributed by atoms with Crippen LogP contribution in [0.25, 0.3) is 11.0 Å². The number of aromatic nitrogens is 5. The Balaban J connectivity index is 1.47. The zero-order valence-corrected chi connectivity index (χ0v) is 17.8. The third-order valence-electron chi connectivity index (χ3n) is 6.20. The molecule has 1 saturated carbocycles. The lowest BCUT2D eigenvalue weighted by Crippen LogP contribution is -2.34. The Labute approximate surface area is 171 Å². The van der Waals surface area contributed by atoms with Crippen molar-refractivity contribution < 1.29 is 4.79 Å². The van der Waals surface area contributed by atoms with E-state index >= 15 is 0 Å². The molecule has 154 valence electrons. The molecule has 1 aliphatic rings. The SMILES string of the molecule is Cc1nn(C)c(C)c1CC(C)NC(=O)c1ccc2c(c1)nnn2C1CCCCC1. The number of carbonyl (C=O) groups excluding carboxylic acids is 1. The topological polar surface area (TPSA) is 77.6 Å². The predicted octanol–water partition coefficient (Wildman–Crippen LogP) is 3.65. The number of carbonyl (C=O) groups is 1. The molecule has 3 aromatic rings. The van der Waals surface area contributed by atoms with Gasteiger partial charge >= 0.3 is 0 Å². The van der Waals surface area contributed by atoms with Crippen LogP contribution in [0.5, 0.6) is 0 Å². The van der Waals surface area contributed by atoms with E-state index in [1.54, 1.807) is 0 Å². The van der Waals surface area contributed by atoms with Crippen LogP contribution >= 0.6 is 0 Å². The molecule has 1 N–H and O–H groups in total. The molecule has 7 heteroatoms. The summed E-state index contributed by atoms with van der Waals surface area (Å²) in [5, 5.41) is 16.3. The van der Waals surface area contributed by atoms with Crippen molar-refractivity contribution in [3.63, 3.8) is 0 Å². The van der Waals surface area contributed by atoms with E-state index in [0.29, 0.717) is 11.6 Å². The molecule has 0 bridgehead atoms. The summed E-state index contributed by atoms with van der Waals surface area (Å²) in [5.41, 5.74) is 5.79. The van der Waals surface area contributed by atoms with Crippen molar-refractivity contribution in [3.8, 4) is 0 Å². The van der Waals surface area contributed by atoms with E-state index in [0.717, 1.165) is 41.7 Å². The lowest BCUT2D eigenvalue weighted by Gasteiger charge is -2.21. The molecule has 1 aliphatic carbocycles. The molecule has 0 spiro atoms. The van der Waals surface area contributed by atoms with Crippen LogP contribution in [0.3, 0.4) is 0 Å². The highest BCUT2D eigenvalue weighted by Crippen LogP contribution is 2.30. The number of aryl methyl sites for hydroxylation is 2. The summed E-state index contributed by atoms with van der Waals surface area (Å²) in [6, 6.07) is 6.16. The van der Waals surface area contributed by atoms with E-state index in [1.807, 2.05) is 48.5 Å². The van der Waals surface area contributed by atoms with Gasteiger partial charge in [-0.3, -0.25) is 9.48 Å². The minimum Gasteiger partial charge on any atom is -0.349 e. The molecular weight excluding hydrogens is 364 g/mol. The molecule has 1 aromatic carbocycles. The fourth-order valence-electron chi connectivity index (χ4n) is 4.46. The first-order valence-electron chi connectivity index (χ1n) is 10.6. The summed E-state index contributed by atoms with van der Waals surface area (Å²) >= 11 is 0. The predicted molar refractivity (Wildman–Crippen MR) is 113 cm³/mol. The summed E-state index contributed by atoms with van der Waals surface area (Å²) in [5.74, 6) is -0.0780. The molecule has 0 aliphatic heterocycles. The van der Waals surface area contributed by atoms with Crippen LogP contribution in [0.1, 0.15) is 72.4 Å². The molecule has 1 amide bonds. The van der Waals surface area contributed by atoms with Gasteiger partial charge in [0.25, 0.3) is 5.91 Å². The third-order valence-corrected chi connectivity index (χ3v) is 6.20. The number of hydrogen-bond donors (Lipinski definition) is 1. The van der Waals surface area contributed by atoms with Crippen molar-refractivity contribution >= 4 is 16.9 Å². The number of nitrogens with zero attached hydrogens (tertiary/aromatic N) is 5. The van der Waals surface area contributed by atoms with Crippen molar-refractivity contribution in [2.45, 2.75) is 71.4 Å². The van der Waals surface area contributed by atoms with E-state index in [4.69, 9.17) is 0 Å². The third kappa shape index (κ3) is 3.91. The fourth-order valence-corrected chi connectivity index (χ4v) is 4.46. The summed E-state index contributed by atoms with van der Waals surface area (Å²) < 4.78 is 3.94. The van der Waals surface area contributed by atoms with E-state index in [-0.39, 0.29) is 11.9 Å². The standard InChI is InChI=1S/C22H30N6O/c1-14(12-19-15(2)25-27(4)16(19)3)23-22(29)17-10-11-21-20(13-17)24-26-28(21)18-8-6-5-7-9-18/h10-11,13-14,18H,5-9,12H2,1-4H3,(H,23,29). The Kier molecular flexibility index (Phi) is 5.39. The van der Waals surface area contributed by atoms with Gasteiger partial charge in [0, 0.05) is 24.3 Å². The van der Waals surface area contributed by atoms with Crippen molar-refractivity contribution in [1.82, 2.24) is 30.1 Å². The molecule has 1 atom stereocenters. The Morgan fingerprint density at radius 3 is 2.69 bits per heavy atom. The summed E-state index contributed by atoms with van der Waals surface area (Å²) in [6.45, 7) is 6.11. The first-order chi connectivity index (χ1) is 13.9. The van der Waals surface area contributed by atoms with Gasteiger partial charge in [0.2, 0.25) is 0 Å². The van der Waals surface area contributed by atoms with Crippen LogP contribution < -0.4 is 5.32 Å². The molecule has 2 aromatic heterocycles. The Hall–Kier alpha value is -2.70. The normalized spacial score (nSPS) is 16.3. The number of rotatable bonds is 5. The van der Waals surface area contributed by atoms with Crippen molar-refractivity contribution in [3.05, 3.63) is 40.7 Å². The molecule has 1 unspecified atom stereocenters. The zero-order chi connectivity index (χ0) is 20.5. The average Bonchev–Trinajstić information content (AvgIpc) is 3.24. The van der Waals surface area contributed by atoms with Gasteiger partial charge in [-0.1, -0.05) is 24.5 Å². The smallest absolute Gasteiger partial charge is 0.251 e. The molecule has 2 heterocycles. The second-order valence-electron chi connectivity index (χ2n) is 8.38. The Morgan fingerprint density at radius 1 is 1.24 bits per heavy atom. The number of nitrogens with one attached hydrogen (secondary N) is 1. The van der Waals surface area contributed by atoms with Crippen LogP contribution in [0, 0.1) is 13.8 Å². The Bertz CT molecular complexity index is 1030. The molecule has 0 radical (unpaired) electrons. The number of benzene rings is 1. The summed E-state index contributed by atoms with van der Waals surface area (Å²) in [7, 11) is 1.95. The van der Waals surface area contributed by atoms with Gasteiger partial charge in [0.1, 0.15) is 5.52 Å². The lowest BCUT2D eigenvalue weighted by molar-refractivity contribution is 0.0940. The van der Waals surface area contributed by atoms with E-state index in [9.17, 15) is 4.79 Å². The lowest BCUT2D eigenvalue weighted by atomic mass is 9.95. The average molecular weight is 395 g/mol. The highest BCUT2D eigenvalue weighted by molar-refractivity contribution is 5.97. The number of hydrogen-bond acceptors (Lipinski definition) is 4. The van der Waals surface area contributed by atoms with Crippen molar-refractivity contribution in [1.29, 1.82) is 0 Å². The molecule has 1 fully saturated rings. The van der Waals surface area contributed by atoms with Crippen molar-refractivity contribution in [2.75, 3.05) is 0 Å². The minimum absolute atomic E-state index is 0.0118. The summed E-state index contributed by atoms with van der Waals surface area (Å²) in [4.78, 5) is 12.8. The maximum absolute atomic E-state index is 12.8. The molecule has 29 heavy (non-hydrogen) atoms. The molecule has 4 rings (SSSR count). The highest BCUT2D eigenvalue weighted by atomic mass is 16.1. The fraction of sp³-hybridized carbons (Fsp3) is 0.545. The van der Waals surface area contributed by atoms with Crippen LogP contribution in [0.2, 0.25) is 0 Å². The van der Waals surface area contributed by atoms with E-state index < -0.39 is 0 Å². The second kappa shape index (κ2) is 7.97. The van der Waals surface area contributed by atoms with Gasteiger partial charge in [-0.15, -0.1) is 5.10 Å². The van der Waals surface area contributed by atoms with Gasteiger partial charge in [-0.2, -0.15) is 5.10 Å². The minimum atomic E-state index is -0.0780. The van der Waals surface area contributed by atoms with Crippen LogP contribution in [0.15, 0.2) is 18.2 Å². The van der Waals surface area contributed by atoms with Gasteiger partial charge in [-0.25, -0.2) is 4.68 Å². The maximum atomic E-state index is 12.8. The molecule has 0 saturated heterocycles. The van der Waals surface area contributed by atoms with Gasteiger partial charge in [0.15, 0.2) is 0 Å². The van der Waals surface area contributed by atoms with Gasteiger partial charge in [0.05, 0.1) is 17.3 Å². The van der Waals surface area contributed by atoms with E-state index in [1.165, 1.54) is 24.8 Å². The van der Waals surface area contributed by atoms with Gasteiger partial charge < -0.3 is 5.32 Å². The molecule has 7 nitrogen and oxygen atoms in total. The maximum Gasteiger partial charge on any atom is 0.251 e. The largest absolute Gasteiger partial charge is 0.349 e. The highest BCUT2D eigenvalue weighted by Gasteiger charge is 2.20. The van der Waals surface area contributed by atoms with E-state index in [2.05, 4.69) is 27.7 Å². The van der Waals surface area contributed by atoms with Gasteiger partial charge in [-0.05, 0) is 63.8 Å². The van der Waals surface area contributed by atoms with Crippen LogP contribution in [-0.2, 0) is 13.5 Å². The Morgan fingerprint density at radius 2 is 2.00 bits per heavy atom. The van der Waals surface area contributed by atoms with Crippen LogP contribution in [0.4, 0.5) is 0 Å². The zero-order valence-electron chi connectivity index (χ0n) is 17.8. The number of amides is 1. The quantitative estimate of drug-likeness (QED) is 0.717. The first kappa shape index (κ1) is 19.6. The van der Waals surface area contributed by atoms with Crippen molar-refractivity contribution in [2.24, 2.45) is 7.05 Å². The second-order valence-corrected chi connectivity index (χ2v) is 8.38. The van der Waals surface area contributed by atoms with Crippen LogP contribution in [-0.4, -0.2) is 36.7 Å². The first-order valence-corrected chi connectivity index (χ1v) is 10.6. The number of fused-ring (bicyclic) bond motifs is 1.